The summed E-state index contributed by atoms with van der Waals surface area (Å²) in [5.74, 6) is 1.11. The minimum absolute atomic E-state index is 0.0823. The van der Waals surface area contributed by atoms with E-state index in [-0.39, 0.29) is 24.3 Å². The third-order valence-corrected chi connectivity index (χ3v) is 4.29. The van der Waals surface area contributed by atoms with Gasteiger partial charge in [0.2, 0.25) is 5.91 Å². The van der Waals surface area contributed by atoms with E-state index in [0.29, 0.717) is 23.8 Å². The fourth-order valence-corrected chi connectivity index (χ4v) is 2.71. The topological polar surface area (TPSA) is 85.9 Å². The molecule has 0 aliphatic rings. The van der Waals surface area contributed by atoms with Gasteiger partial charge < -0.3 is 24.8 Å². The zero-order chi connectivity index (χ0) is 21.2. The molecule has 0 saturated carbocycles. The van der Waals surface area contributed by atoms with Crippen molar-refractivity contribution in [2.24, 2.45) is 5.92 Å². The Kier molecular flexibility index (Phi) is 8.33. The summed E-state index contributed by atoms with van der Waals surface area (Å²) in [5.41, 5.74) is 0.859. The zero-order valence-electron chi connectivity index (χ0n) is 17.2. The molecule has 0 aliphatic carbocycles. The number of amides is 2. The van der Waals surface area contributed by atoms with Crippen LogP contribution in [-0.2, 0) is 16.1 Å². The average molecular weight is 400 g/mol. The highest BCUT2D eigenvalue weighted by atomic mass is 16.5. The Hall–Kier alpha value is -3.22. The Bertz CT molecular complexity index is 808. The Morgan fingerprint density at radius 1 is 0.966 bits per heavy atom. The molecular weight excluding hydrogens is 372 g/mol. The summed E-state index contributed by atoms with van der Waals surface area (Å²) in [6, 6.07) is 13.8. The van der Waals surface area contributed by atoms with Crippen molar-refractivity contribution in [2.75, 3.05) is 20.8 Å². The van der Waals surface area contributed by atoms with Gasteiger partial charge in [-0.3, -0.25) is 9.59 Å². The summed E-state index contributed by atoms with van der Waals surface area (Å²) < 4.78 is 15.9. The third-order valence-electron chi connectivity index (χ3n) is 4.29. The van der Waals surface area contributed by atoms with Crippen LogP contribution in [0.25, 0.3) is 0 Å². The van der Waals surface area contributed by atoms with Crippen molar-refractivity contribution in [1.82, 2.24) is 10.6 Å². The smallest absolute Gasteiger partial charge is 0.258 e. The molecule has 0 aliphatic heterocycles. The molecule has 0 bridgehead atoms. The van der Waals surface area contributed by atoms with Crippen molar-refractivity contribution in [2.45, 2.75) is 26.4 Å². The van der Waals surface area contributed by atoms with Crippen LogP contribution in [0.15, 0.2) is 48.5 Å². The Balaban J connectivity index is 1.90. The first-order valence-electron chi connectivity index (χ1n) is 9.40. The second-order valence-corrected chi connectivity index (χ2v) is 6.80. The van der Waals surface area contributed by atoms with Crippen LogP contribution < -0.4 is 24.8 Å². The average Bonchev–Trinajstić information content (AvgIpc) is 2.74. The summed E-state index contributed by atoms with van der Waals surface area (Å²) in [5, 5.41) is 5.60. The van der Waals surface area contributed by atoms with E-state index in [9.17, 15) is 9.59 Å². The number of ether oxygens (including phenoxy) is 3. The van der Waals surface area contributed by atoms with Gasteiger partial charge in [0.05, 0.1) is 14.2 Å². The van der Waals surface area contributed by atoms with Gasteiger partial charge in [-0.1, -0.05) is 38.1 Å². The van der Waals surface area contributed by atoms with Gasteiger partial charge in [-0.15, -0.1) is 0 Å². The second-order valence-electron chi connectivity index (χ2n) is 6.80. The van der Waals surface area contributed by atoms with Crippen LogP contribution in [0, 0.1) is 5.92 Å². The third kappa shape index (κ3) is 6.71. The highest BCUT2D eigenvalue weighted by molar-refractivity contribution is 5.88. The van der Waals surface area contributed by atoms with Crippen LogP contribution in [-0.4, -0.2) is 38.7 Å². The zero-order valence-corrected chi connectivity index (χ0v) is 17.2. The molecule has 0 unspecified atom stereocenters. The van der Waals surface area contributed by atoms with Crippen molar-refractivity contribution >= 4 is 11.8 Å². The molecule has 0 saturated heterocycles. The number of para-hydroxylation sites is 1. The van der Waals surface area contributed by atoms with Gasteiger partial charge in [0.25, 0.3) is 5.91 Å². The molecule has 7 heteroatoms. The minimum Gasteiger partial charge on any atom is -0.493 e. The fourth-order valence-electron chi connectivity index (χ4n) is 2.71. The Labute approximate surface area is 171 Å². The van der Waals surface area contributed by atoms with Crippen LogP contribution in [0.3, 0.4) is 0 Å². The first kappa shape index (κ1) is 22.1. The fraction of sp³-hybridized carbons (Fsp3) is 0.364. The predicted molar refractivity (Wildman–Crippen MR) is 110 cm³/mol. The maximum Gasteiger partial charge on any atom is 0.258 e. The van der Waals surface area contributed by atoms with Gasteiger partial charge in [0.15, 0.2) is 18.1 Å². The van der Waals surface area contributed by atoms with Crippen LogP contribution in [0.4, 0.5) is 0 Å². The summed E-state index contributed by atoms with van der Waals surface area (Å²) >= 11 is 0. The molecule has 0 radical (unpaired) electrons. The molecule has 2 aromatic rings. The van der Waals surface area contributed by atoms with Gasteiger partial charge in [-0.25, -0.2) is 0 Å². The van der Waals surface area contributed by atoms with Crippen LogP contribution >= 0.6 is 0 Å². The highest BCUT2D eigenvalue weighted by Gasteiger charge is 2.24. The molecule has 1 atom stereocenters. The lowest BCUT2D eigenvalue weighted by Crippen LogP contribution is -2.50. The second kappa shape index (κ2) is 10.9. The Morgan fingerprint density at radius 2 is 1.66 bits per heavy atom. The van der Waals surface area contributed by atoms with Crippen LogP contribution in [0.1, 0.15) is 19.4 Å². The van der Waals surface area contributed by atoms with Crippen LogP contribution in [0.5, 0.6) is 17.2 Å². The summed E-state index contributed by atoms with van der Waals surface area (Å²) in [6.45, 7) is 3.90. The molecule has 2 amide bonds. The quantitative estimate of drug-likeness (QED) is 0.640. The van der Waals surface area contributed by atoms with E-state index in [1.807, 2.05) is 38.1 Å². The molecule has 29 heavy (non-hydrogen) atoms. The van der Waals surface area contributed by atoms with Crippen molar-refractivity contribution in [3.63, 3.8) is 0 Å². The standard InChI is InChI=1S/C22H28N2O5/c1-15(2)21(24-20(25)14-29-17-8-6-5-7-9-17)22(26)23-13-16-10-11-18(27-3)19(12-16)28-4/h5-12,15,21H,13-14H2,1-4H3,(H,23,26)(H,24,25)/t21-/m0/s1. The van der Waals surface area contributed by atoms with Gasteiger partial charge in [-0.2, -0.15) is 0 Å². The van der Waals surface area contributed by atoms with Gasteiger partial charge in [0.1, 0.15) is 11.8 Å². The molecule has 0 fully saturated rings. The monoisotopic (exact) mass is 400 g/mol. The molecule has 7 nitrogen and oxygen atoms in total. The molecule has 0 aromatic heterocycles. The number of rotatable bonds is 10. The molecule has 0 heterocycles. The molecular formula is C22H28N2O5. The first-order valence-corrected chi connectivity index (χ1v) is 9.40. The van der Waals surface area contributed by atoms with E-state index in [2.05, 4.69) is 10.6 Å². The lowest BCUT2D eigenvalue weighted by molar-refractivity contribution is -0.131. The lowest BCUT2D eigenvalue weighted by atomic mass is 10.0. The summed E-state index contributed by atoms with van der Waals surface area (Å²) in [7, 11) is 3.12. The number of benzene rings is 2. The van der Waals surface area contributed by atoms with E-state index >= 15 is 0 Å². The SMILES string of the molecule is COc1ccc(CNC(=O)[C@@H](NC(=O)COc2ccccc2)C(C)C)cc1OC. The number of carbonyl (C=O) groups is 2. The van der Waals surface area contributed by atoms with Gasteiger partial charge in [0, 0.05) is 6.54 Å². The number of hydrogen-bond acceptors (Lipinski definition) is 5. The molecule has 2 N–H and O–H groups in total. The largest absolute Gasteiger partial charge is 0.493 e. The highest BCUT2D eigenvalue weighted by Crippen LogP contribution is 2.27. The van der Waals surface area contributed by atoms with Crippen molar-refractivity contribution in [3.8, 4) is 17.2 Å². The summed E-state index contributed by atoms with van der Waals surface area (Å²) in [4.78, 5) is 24.8. The van der Waals surface area contributed by atoms with Crippen molar-refractivity contribution in [1.29, 1.82) is 0 Å². The summed E-state index contributed by atoms with van der Waals surface area (Å²) in [6.07, 6.45) is 0. The van der Waals surface area contributed by atoms with Crippen molar-refractivity contribution in [3.05, 3.63) is 54.1 Å². The maximum absolute atomic E-state index is 12.6. The maximum atomic E-state index is 12.6. The number of carbonyl (C=O) groups excluding carboxylic acids is 2. The normalized spacial score (nSPS) is 11.5. The lowest BCUT2D eigenvalue weighted by Gasteiger charge is -2.22. The minimum atomic E-state index is -0.665. The molecule has 2 aromatic carbocycles. The van der Waals surface area contributed by atoms with Crippen LogP contribution in [0.2, 0.25) is 0 Å². The first-order chi connectivity index (χ1) is 13.9. The number of methoxy groups -OCH3 is 2. The van der Waals surface area contributed by atoms with Crippen molar-refractivity contribution < 1.29 is 23.8 Å². The molecule has 2 rings (SSSR count). The number of nitrogens with one attached hydrogen (secondary N) is 2. The number of hydrogen-bond donors (Lipinski definition) is 2. The van der Waals surface area contributed by atoms with Gasteiger partial charge in [-0.05, 0) is 35.7 Å². The van der Waals surface area contributed by atoms with E-state index < -0.39 is 6.04 Å². The molecule has 156 valence electrons. The van der Waals surface area contributed by atoms with E-state index in [4.69, 9.17) is 14.2 Å². The van der Waals surface area contributed by atoms with E-state index in [0.717, 1.165) is 5.56 Å². The predicted octanol–water partition coefficient (Wildman–Crippen LogP) is 2.54. The van der Waals surface area contributed by atoms with Gasteiger partial charge >= 0.3 is 0 Å². The van der Waals surface area contributed by atoms with E-state index in [1.165, 1.54) is 0 Å². The Morgan fingerprint density at radius 3 is 2.28 bits per heavy atom. The van der Waals surface area contributed by atoms with E-state index in [1.54, 1.807) is 38.5 Å². The molecule has 0 spiro atoms.